The van der Waals surface area contributed by atoms with Crippen molar-refractivity contribution in [3.8, 4) is 5.75 Å². The van der Waals surface area contributed by atoms with Gasteiger partial charge in [-0.3, -0.25) is 4.31 Å². The molecule has 0 saturated carbocycles. The highest BCUT2D eigenvalue weighted by atomic mass is 32.2. The molecular weight excluding hydrogens is 396 g/mol. The predicted octanol–water partition coefficient (Wildman–Crippen LogP) is 3.17. The van der Waals surface area contributed by atoms with Crippen LogP contribution in [0.1, 0.15) is 21.8 Å². The van der Waals surface area contributed by atoms with Gasteiger partial charge in [0, 0.05) is 13.1 Å². The van der Waals surface area contributed by atoms with Crippen LogP contribution in [0, 0.1) is 6.92 Å². The van der Waals surface area contributed by atoms with Crippen LogP contribution in [-0.2, 0) is 21.4 Å². The summed E-state index contributed by atoms with van der Waals surface area (Å²) in [6.45, 7) is 1.66. The van der Waals surface area contributed by atoms with Crippen LogP contribution < -0.4 is 9.04 Å². The van der Waals surface area contributed by atoms with Gasteiger partial charge in [-0.05, 0) is 49.4 Å². The summed E-state index contributed by atoms with van der Waals surface area (Å²) in [6, 6.07) is 13.9. The van der Waals surface area contributed by atoms with Gasteiger partial charge in [0.1, 0.15) is 5.75 Å². The second-order valence-corrected chi connectivity index (χ2v) is 8.18. The van der Waals surface area contributed by atoms with Crippen molar-refractivity contribution in [2.24, 2.45) is 0 Å². The number of sulfonamides is 1. The monoisotopic (exact) mass is 416 g/mol. The molecule has 152 valence electrons. The Labute approximate surface area is 168 Å². The van der Waals surface area contributed by atoms with E-state index in [0.29, 0.717) is 22.9 Å². The van der Waals surface area contributed by atoms with Crippen LogP contribution in [0.5, 0.6) is 5.75 Å². The van der Waals surface area contributed by atoms with Gasteiger partial charge in [0.25, 0.3) is 10.0 Å². The number of hydrogen-bond donors (Lipinski definition) is 0. The molecule has 0 unspecified atom stereocenters. The Balaban J connectivity index is 1.78. The minimum Gasteiger partial charge on any atom is -0.497 e. The second-order valence-electron chi connectivity index (χ2n) is 6.21. The standard InChI is InChI=1S/C20H20N2O6S/c1-14-11-18(28-21-14)13-27-20(23)15-5-4-6-19(12-15)29(24,25)22(2)16-7-9-17(26-3)10-8-16/h4-12H,13H2,1-3H3. The maximum atomic E-state index is 13.0. The lowest BCUT2D eigenvalue weighted by molar-refractivity contribution is 0.0437. The summed E-state index contributed by atoms with van der Waals surface area (Å²) in [7, 11) is -0.905. The molecule has 0 bridgehead atoms. The van der Waals surface area contributed by atoms with E-state index >= 15 is 0 Å². The van der Waals surface area contributed by atoms with Gasteiger partial charge in [-0.25, -0.2) is 13.2 Å². The van der Waals surface area contributed by atoms with Gasteiger partial charge in [0.05, 0.1) is 29.0 Å². The van der Waals surface area contributed by atoms with Crippen molar-refractivity contribution in [2.45, 2.75) is 18.4 Å². The first kappa shape index (κ1) is 20.4. The highest BCUT2D eigenvalue weighted by Gasteiger charge is 2.23. The van der Waals surface area contributed by atoms with Crippen LogP contribution in [0.2, 0.25) is 0 Å². The van der Waals surface area contributed by atoms with Crippen molar-refractivity contribution in [3.63, 3.8) is 0 Å². The van der Waals surface area contributed by atoms with E-state index in [0.717, 1.165) is 4.31 Å². The van der Waals surface area contributed by atoms with Gasteiger partial charge >= 0.3 is 5.97 Å². The van der Waals surface area contributed by atoms with Gasteiger partial charge < -0.3 is 14.0 Å². The predicted molar refractivity (Wildman–Crippen MR) is 105 cm³/mol. The van der Waals surface area contributed by atoms with E-state index in [1.807, 2.05) is 0 Å². The zero-order valence-corrected chi connectivity index (χ0v) is 17.0. The maximum absolute atomic E-state index is 13.0. The molecule has 0 N–H and O–H groups in total. The molecule has 0 spiro atoms. The molecule has 0 aliphatic heterocycles. The zero-order chi connectivity index (χ0) is 21.0. The highest BCUT2D eigenvalue weighted by molar-refractivity contribution is 7.92. The minimum absolute atomic E-state index is 0.0271. The molecule has 0 atom stereocenters. The van der Waals surface area contributed by atoms with Crippen LogP contribution in [0.3, 0.4) is 0 Å². The molecule has 29 heavy (non-hydrogen) atoms. The van der Waals surface area contributed by atoms with Crippen molar-refractivity contribution in [1.82, 2.24) is 5.16 Å². The summed E-state index contributed by atoms with van der Waals surface area (Å²) in [5, 5.41) is 3.71. The lowest BCUT2D eigenvalue weighted by atomic mass is 10.2. The normalized spacial score (nSPS) is 11.1. The number of carbonyl (C=O) groups is 1. The van der Waals surface area contributed by atoms with E-state index in [1.165, 1.54) is 38.4 Å². The van der Waals surface area contributed by atoms with E-state index in [1.54, 1.807) is 37.3 Å². The van der Waals surface area contributed by atoms with Gasteiger partial charge in [-0.2, -0.15) is 0 Å². The fraction of sp³-hybridized carbons (Fsp3) is 0.200. The number of nitrogens with zero attached hydrogens (tertiary/aromatic N) is 2. The first-order valence-electron chi connectivity index (χ1n) is 8.63. The minimum atomic E-state index is -3.88. The summed E-state index contributed by atoms with van der Waals surface area (Å²) in [5.74, 6) is 0.355. The van der Waals surface area contributed by atoms with E-state index in [4.69, 9.17) is 14.0 Å². The second kappa shape index (κ2) is 8.36. The Morgan fingerprint density at radius 1 is 1.14 bits per heavy atom. The Kier molecular flexibility index (Phi) is 5.88. The quantitative estimate of drug-likeness (QED) is 0.546. The van der Waals surface area contributed by atoms with Crippen LogP contribution in [0.4, 0.5) is 5.69 Å². The van der Waals surface area contributed by atoms with Crippen LogP contribution in [-0.4, -0.2) is 33.7 Å². The fourth-order valence-electron chi connectivity index (χ4n) is 2.58. The number of ether oxygens (including phenoxy) is 2. The topological polar surface area (TPSA) is 98.9 Å². The largest absolute Gasteiger partial charge is 0.497 e. The number of methoxy groups -OCH3 is 1. The molecule has 3 rings (SSSR count). The molecule has 0 aliphatic rings. The van der Waals surface area contributed by atoms with E-state index in [-0.39, 0.29) is 17.1 Å². The number of aryl methyl sites for hydroxylation is 1. The molecule has 0 aliphatic carbocycles. The number of carbonyl (C=O) groups excluding carboxylic acids is 1. The van der Waals surface area contributed by atoms with E-state index in [2.05, 4.69) is 5.16 Å². The first-order valence-corrected chi connectivity index (χ1v) is 10.1. The van der Waals surface area contributed by atoms with Crippen LogP contribution >= 0.6 is 0 Å². The van der Waals surface area contributed by atoms with Crippen molar-refractivity contribution in [3.05, 3.63) is 71.6 Å². The van der Waals surface area contributed by atoms with Crippen molar-refractivity contribution >= 4 is 21.7 Å². The SMILES string of the molecule is COc1ccc(N(C)S(=O)(=O)c2cccc(C(=O)OCc3cc(C)no3)c2)cc1. The van der Waals surface area contributed by atoms with Crippen molar-refractivity contribution in [2.75, 3.05) is 18.5 Å². The molecule has 9 heteroatoms. The molecule has 0 fully saturated rings. The molecule has 0 amide bonds. The van der Waals surface area contributed by atoms with Crippen molar-refractivity contribution in [1.29, 1.82) is 0 Å². The van der Waals surface area contributed by atoms with Crippen LogP contribution in [0.25, 0.3) is 0 Å². The lowest BCUT2D eigenvalue weighted by Crippen LogP contribution is -2.26. The van der Waals surface area contributed by atoms with Gasteiger partial charge in [-0.15, -0.1) is 0 Å². The number of rotatable bonds is 7. The number of esters is 1. The number of anilines is 1. The Morgan fingerprint density at radius 2 is 1.86 bits per heavy atom. The summed E-state index contributed by atoms with van der Waals surface area (Å²) >= 11 is 0. The number of aromatic nitrogens is 1. The third-order valence-electron chi connectivity index (χ3n) is 4.19. The Morgan fingerprint density at radius 3 is 2.48 bits per heavy atom. The number of hydrogen-bond acceptors (Lipinski definition) is 7. The third kappa shape index (κ3) is 4.57. The van der Waals surface area contributed by atoms with Crippen LogP contribution in [0.15, 0.2) is 64.0 Å². The average molecular weight is 416 g/mol. The summed E-state index contributed by atoms with van der Waals surface area (Å²) in [6.07, 6.45) is 0. The van der Waals surface area contributed by atoms with Gasteiger partial charge in [0.2, 0.25) is 0 Å². The lowest BCUT2D eigenvalue weighted by Gasteiger charge is -2.20. The van der Waals surface area contributed by atoms with Crippen molar-refractivity contribution < 1.29 is 27.2 Å². The number of benzene rings is 2. The van der Waals surface area contributed by atoms with E-state index in [9.17, 15) is 13.2 Å². The summed E-state index contributed by atoms with van der Waals surface area (Å²) < 4.78 is 42.3. The molecular formula is C20H20N2O6S. The molecule has 8 nitrogen and oxygen atoms in total. The molecule has 3 aromatic rings. The molecule has 1 aromatic heterocycles. The van der Waals surface area contributed by atoms with Gasteiger partial charge in [-0.1, -0.05) is 11.2 Å². The maximum Gasteiger partial charge on any atom is 0.338 e. The zero-order valence-electron chi connectivity index (χ0n) is 16.2. The average Bonchev–Trinajstić information content (AvgIpc) is 3.16. The molecule has 0 saturated heterocycles. The summed E-state index contributed by atoms with van der Waals surface area (Å²) in [5.41, 5.74) is 1.25. The first-order chi connectivity index (χ1) is 13.8. The molecule has 1 heterocycles. The Bertz CT molecular complexity index is 1110. The third-order valence-corrected chi connectivity index (χ3v) is 5.97. The molecule has 2 aromatic carbocycles. The highest BCUT2D eigenvalue weighted by Crippen LogP contribution is 2.25. The van der Waals surface area contributed by atoms with E-state index < -0.39 is 16.0 Å². The Hall–Kier alpha value is -3.33. The fourth-order valence-corrected chi connectivity index (χ4v) is 3.82. The summed E-state index contributed by atoms with van der Waals surface area (Å²) in [4.78, 5) is 12.3. The smallest absolute Gasteiger partial charge is 0.338 e. The molecule has 0 radical (unpaired) electrons. The van der Waals surface area contributed by atoms with Gasteiger partial charge in [0.15, 0.2) is 12.4 Å².